The van der Waals surface area contributed by atoms with Gasteiger partial charge < -0.3 is 26.2 Å². The number of hydrogen-bond acceptors (Lipinski definition) is 5. The molecule has 0 fully saturated rings. The first kappa shape index (κ1) is 25.8. The summed E-state index contributed by atoms with van der Waals surface area (Å²) in [5.41, 5.74) is -0.476. The van der Waals surface area contributed by atoms with Gasteiger partial charge in [-0.2, -0.15) is 0 Å². The van der Waals surface area contributed by atoms with Crippen molar-refractivity contribution in [3.05, 3.63) is 11.5 Å². The molecule has 0 atom stereocenters. The molecule has 0 aliphatic rings. The zero-order chi connectivity index (χ0) is 21.5. The van der Waals surface area contributed by atoms with E-state index in [1.54, 1.807) is 0 Å². The van der Waals surface area contributed by atoms with Crippen LogP contribution < -0.4 is 16.0 Å². The highest BCUT2D eigenvalue weighted by Gasteiger charge is 2.27. The number of rotatable bonds is 15. The fourth-order valence-electron chi connectivity index (χ4n) is 3.06. The van der Waals surface area contributed by atoms with Crippen LogP contribution in [0, 0.1) is 0 Å². The van der Waals surface area contributed by atoms with E-state index in [9.17, 15) is 19.5 Å². The number of carbonyl (C=O) groups is 3. The summed E-state index contributed by atoms with van der Waals surface area (Å²) in [7, 11) is 0. The summed E-state index contributed by atoms with van der Waals surface area (Å²) >= 11 is 0. The average molecular weight is 400 g/mol. The second-order valence-electron chi connectivity index (χ2n) is 6.97. The number of aliphatic carboxylic acids is 1. The van der Waals surface area contributed by atoms with Crippen LogP contribution in [-0.4, -0.2) is 46.6 Å². The molecule has 8 heteroatoms. The van der Waals surface area contributed by atoms with Gasteiger partial charge in [0.2, 0.25) is 5.88 Å². The fraction of sp³-hybridized carbons (Fsp3) is 0.750. The van der Waals surface area contributed by atoms with E-state index in [1.807, 2.05) is 27.7 Å². The van der Waals surface area contributed by atoms with Crippen molar-refractivity contribution < 1.29 is 24.6 Å². The molecule has 0 heterocycles. The van der Waals surface area contributed by atoms with Crippen LogP contribution in [0.2, 0.25) is 0 Å². The van der Waals surface area contributed by atoms with Crippen molar-refractivity contribution in [3.8, 4) is 0 Å². The molecule has 0 aromatic carbocycles. The van der Waals surface area contributed by atoms with E-state index in [2.05, 4.69) is 16.0 Å². The van der Waals surface area contributed by atoms with Crippen molar-refractivity contribution in [2.75, 3.05) is 6.54 Å². The van der Waals surface area contributed by atoms with E-state index in [-0.39, 0.29) is 12.1 Å². The van der Waals surface area contributed by atoms with E-state index >= 15 is 0 Å². The molecule has 2 amide bonds. The Morgan fingerprint density at radius 2 is 1.14 bits per heavy atom. The smallest absolute Gasteiger partial charge is 0.322 e. The molecule has 162 valence electrons. The van der Waals surface area contributed by atoms with Gasteiger partial charge in [-0.3, -0.25) is 14.4 Å². The third-order valence-electron chi connectivity index (χ3n) is 4.32. The summed E-state index contributed by atoms with van der Waals surface area (Å²) in [5.74, 6) is -3.36. The van der Waals surface area contributed by atoms with Crippen molar-refractivity contribution in [3.63, 3.8) is 0 Å². The van der Waals surface area contributed by atoms with Gasteiger partial charge in [0, 0.05) is 12.1 Å². The summed E-state index contributed by atoms with van der Waals surface area (Å²) < 4.78 is 0. The Hall–Kier alpha value is -2.25. The van der Waals surface area contributed by atoms with E-state index in [0.29, 0.717) is 0 Å². The summed E-state index contributed by atoms with van der Waals surface area (Å²) in [5, 5.41) is 27.1. The Morgan fingerprint density at radius 1 is 0.714 bits per heavy atom. The van der Waals surface area contributed by atoms with Gasteiger partial charge in [-0.15, -0.1) is 0 Å². The quantitative estimate of drug-likeness (QED) is 0.125. The molecule has 28 heavy (non-hydrogen) atoms. The van der Waals surface area contributed by atoms with E-state index in [1.165, 1.54) is 0 Å². The van der Waals surface area contributed by atoms with Crippen LogP contribution in [0.1, 0.15) is 79.1 Å². The number of amides is 2. The lowest BCUT2D eigenvalue weighted by molar-refractivity contribution is -0.138. The van der Waals surface area contributed by atoms with E-state index in [4.69, 9.17) is 5.11 Å². The Bertz CT molecular complexity index is 522. The molecule has 0 rings (SSSR count). The maximum absolute atomic E-state index is 12.8. The largest absolute Gasteiger partial charge is 0.494 e. The lowest BCUT2D eigenvalue weighted by Gasteiger charge is -2.22. The Kier molecular flexibility index (Phi) is 13.6. The number of aliphatic hydroxyl groups is 1. The van der Waals surface area contributed by atoms with Gasteiger partial charge >= 0.3 is 5.97 Å². The molecular formula is C20H37N3O5. The first-order chi connectivity index (χ1) is 13.3. The van der Waals surface area contributed by atoms with Crippen molar-refractivity contribution in [2.24, 2.45) is 0 Å². The zero-order valence-corrected chi connectivity index (χ0v) is 17.6. The zero-order valence-electron chi connectivity index (χ0n) is 17.6. The van der Waals surface area contributed by atoms with Crippen molar-refractivity contribution in [2.45, 2.75) is 91.1 Å². The summed E-state index contributed by atoms with van der Waals surface area (Å²) in [6.45, 7) is 7.40. The normalized spacial score (nSPS) is 11.9. The van der Waals surface area contributed by atoms with Crippen molar-refractivity contribution in [1.29, 1.82) is 0 Å². The van der Waals surface area contributed by atoms with Crippen molar-refractivity contribution in [1.82, 2.24) is 16.0 Å². The number of nitrogens with one attached hydrogen (secondary N) is 3. The molecular weight excluding hydrogens is 362 g/mol. The average Bonchev–Trinajstić information content (AvgIpc) is 2.61. The standard InChI is InChI=1S/C20H37N3O5/c1-5-9-14(10-6-2)22-19(27)17(18(26)21-13-16(24)25)20(28)23-15(11-7-3)12-8-4/h14-15,22,27H,5-13H2,1-4H3,(H,21,26)(H,23,28)(H,24,25)/b19-17+. The second kappa shape index (κ2) is 14.8. The van der Waals surface area contributed by atoms with Crippen LogP contribution in [0.4, 0.5) is 0 Å². The predicted molar refractivity (Wildman–Crippen MR) is 109 cm³/mol. The maximum Gasteiger partial charge on any atom is 0.322 e. The first-order valence-electron chi connectivity index (χ1n) is 10.3. The molecule has 0 aliphatic heterocycles. The summed E-state index contributed by atoms with van der Waals surface area (Å²) in [6, 6.07) is -0.188. The molecule has 0 aromatic heterocycles. The minimum atomic E-state index is -1.23. The van der Waals surface area contributed by atoms with Gasteiger partial charge in [-0.05, 0) is 25.7 Å². The minimum Gasteiger partial charge on any atom is -0.494 e. The van der Waals surface area contributed by atoms with E-state index in [0.717, 1.165) is 51.4 Å². The van der Waals surface area contributed by atoms with Crippen LogP contribution in [0.25, 0.3) is 0 Å². The molecule has 0 bridgehead atoms. The molecule has 0 saturated heterocycles. The fourth-order valence-corrected chi connectivity index (χ4v) is 3.06. The number of carboxylic acid groups (broad SMARTS) is 1. The highest BCUT2D eigenvalue weighted by atomic mass is 16.4. The summed E-state index contributed by atoms with van der Waals surface area (Å²) in [6.07, 6.45) is 6.57. The van der Waals surface area contributed by atoms with Gasteiger partial charge in [-0.1, -0.05) is 53.4 Å². The molecule has 0 radical (unpaired) electrons. The van der Waals surface area contributed by atoms with E-state index < -0.39 is 35.8 Å². The van der Waals surface area contributed by atoms with Crippen LogP contribution in [-0.2, 0) is 14.4 Å². The van der Waals surface area contributed by atoms with Crippen LogP contribution >= 0.6 is 0 Å². The Morgan fingerprint density at radius 3 is 1.54 bits per heavy atom. The van der Waals surface area contributed by atoms with Gasteiger partial charge in [-0.25, -0.2) is 0 Å². The second-order valence-corrected chi connectivity index (χ2v) is 6.97. The molecule has 0 aliphatic carbocycles. The van der Waals surface area contributed by atoms with Gasteiger partial charge in [0.15, 0.2) is 5.57 Å². The Labute approximate surface area is 168 Å². The molecule has 8 nitrogen and oxygen atoms in total. The van der Waals surface area contributed by atoms with Crippen LogP contribution in [0.15, 0.2) is 11.5 Å². The topological polar surface area (TPSA) is 128 Å². The third kappa shape index (κ3) is 10.2. The van der Waals surface area contributed by atoms with Gasteiger partial charge in [0.05, 0.1) is 0 Å². The SMILES string of the molecule is CCCC(CCC)NC(=O)/C(C(=O)NCC(=O)O)=C(/O)NC(CCC)CCC. The minimum absolute atomic E-state index is 0.0767. The van der Waals surface area contributed by atoms with Crippen LogP contribution in [0.5, 0.6) is 0 Å². The lowest BCUT2D eigenvalue weighted by atomic mass is 10.1. The van der Waals surface area contributed by atoms with Crippen LogP contribution in [0.3, 0.4) is 0 Å². The Balaban J connectivity index is 5.59. The lowest BCUT2D eigenvalue weighted by Crippen LogP contribution is -2.43. The highest BCUT2D eigenvalue weighted by Crippen LogP contribution is 2.11. The third-order valence-corrected chi connectivity index (χ3v) is 4.32. The number of aliphatic hydroxyl groups excluding tert-OH is 1. The van der Waals surface area contributed by atoms with Gasteiger partial charge in [0.1, 0.15) is 6.54 Å². The molecule has 0 spiro atoms. The maximum atomic E-state index is 12.8. The number of carboxylic acids is 1. The predicted octanol–water partition coefficient (Wildman–Crippen LogP) is 2.60. The molecule has 0 unspecified atom stereocenters. The van der Waals surface area contributed by atoms with Crippen molar-refractivity contribution >= 4 is 17.8 Å². The first-order valence-corrected chi connectivity index (χ1v) is 10.3. The molecule has 0 aromatic rings. The molecule has 0 saturated carbocycles. The molecule has 5 N–H and O–H groups in total. The van der Waals surface area contributed by atoms with Gasteiger partial charge in [0.25, 0.3) is 11.8 Å². The number of carbonyl (C=O) groups excluding carboxylic acids is 2. The summed E-state index contributed by atoms with van der Waals surface area (Å²) in [4.78, 5) is 35.9. The monoisotopic (exact) mass is 399 g/mol. The number of hydrogen-bond donors (Lipinski definition) is 5. The highest BCUT2D eigenvalue weighted by molar-refractivity contribution is 6.19.